The zero-order chi connectivity index (χ0) is 14.0. The number of halogens is 2. The van der Waals surface area contributed by atoms with Gasteiger partial charge in [-0.15, -0.1) is 0 Å². The van der Waals surface area contributed by atoms with Crippen LogP contribution in [0.25, 0.3) is 0 Å². The molecule has 0 amide bonds. The highest BCUT2D eigenvalue weighted by molar-refractivity contribution is 5.19. The van der Waals surface area contributed by atoms with E-state index in [0.717, 1.165) is 25.3 Å². The molecule has 19 heavy (non-hydrogen) atoms. The summed E-state index contributed by atoms with van der Waals surface area (Å²) in [6.07, 6.45) is 2.68. The summed E-state index contributed by atoms with van der Waals surface area (Å²) < 4.78 is 26.7. The largest absolute Gasteiger partial charge is 0.392 e. The van der Waals surface area contributed by atoms with Crippen molar-refractivity contribution in [3.8, 4) is 0 Å². The SMILES string of the molecule is CC1CCC(C(O)Cc2cccc(F)c2F)CC1C. The van der Waals surface area contributed by atoms with Crippen LogP contribution in [0, 0.1) is 29.4 Å². The lowest BCUT2D eigenvalue weighted by molar-refractivity contribution is 0.0563. The van der Waals surface area contributed by atoms with Gasteiger partial charge in [0, 0.05) is 6.42 Å². The molecule has 1 fully saturated rings. The molecule has 1 nitrogen and oxygen atoms in total. The highest BCUT2D eigenvalue weighted by Gasteiger charge is 2.29. The molecule has 0 spiro atoms. The molecule has 1 aromatic rings. The standard InChI is InChI=1S/C16H22F2O/c1-10-6-7-12(8-11(10)2)15(19)9-13-4-3-5-14(17)16(13)18/h3-5,10-12,15,19H,6-9H2,1-2H3. The Kier molecular flexibility index (Phi) is 4.56. The van der Waals surface area contributed by atoms with Gasteiger partial charge in [0.05, 0.1) is 6.10 Å². The molecule has 106 valence electrons. The van der Waals surface area contributed by atoms with Gasteiger partial charge in [0.25, 0.3) is 0 Å². The molecular weight excluding hydrogens is 246 g/mol. The van der Waals surface area contributed by atoms with E-state index < -0.39 is 17.7 Å². The molecular formula is C16H22F2O. The normalized spacial score (nSPS) is 29.2. The summed E-state index contributed by atoms with van der Waals surface area (Å²) >= 11 is 0. The second kappa shape index (κ2) is 6.00. The molecule has 0 aromatic heterocycles. The van der Waals surface area contributed by atoms with Crippen molar-refractivity contribution in [2.24, 2.45) is 17.8 Å². The zero-order valence-electron chi connectivity index (χ0n) is 11.6. The molecule has 0 aliphatic heterocycles. The first-order chi connectivity index (χ1) is 8.99. The average molecular weight is 268 g/mol. The van der Waals surface area contributed by atoms with E-state index in [-0.39, 0.29) is 17.9 Å². The molecule has 0 radical (unpaired) electrons. The molecule has 0 bridgehead atoms. The molecule has 2 rings (SSSR count). The third kappa shape index (κ3) is 3.33. The topological polar surface area (TPSA) is 20.2 Å². The molecule has 1 N–H and O–H groups in total. The fourth-order valence-corrected chi connectivity index (χ4v) is 3.04. The Morgan fingerprint density at radius 2 is 1.95 bits per heavy atom. The van der Waals surface area contributed by atoms with E-state index in [1.807, 2.05) is 0 Å². The Bertz CT molecular complexity index is 433. The lowest BCUT2D eigenvalue weighted by Gasteiger charge is -2.34. The summed E-state index contributed by atoms with van der Waals surface area (Å²) in [5, 5.41) is 10.3. The minimum absolute atomic E-state index is 0.203. The van der Waals surface area contributed by atoms with Crippen LogP contribution in [0.1, 0.15) is 38.7 Å². The molecule has 1 aromatic carbocycles. The zero-order valence-corrected chi connectivity index (χ0v) is 11.6. The van der Waals surface area contributed by atoms with Crippen LogP contribution in [0.5, 0.6) is 0 Å². The van der Waals surface area contributed by atoms with Gasteiger partial charge in [0.1, 0.15) is 0 Å². The van der Waals surface area contributed by atoms with Crippen molar-refractivity contribution in [2.45, 2.75) is 45.6 Å². The summed E-state index contributed by atoms with van der Waals surface area (Å²) in [6.45, 7) is 4.44. The Morgan fingerprint density at radius 3 is 2.63 bits per heavy atom. The Balaban J connectivity index is 2.01. The highest BCUT2D eigenvalue weighted by atomic mass is 19.2. The van der Waals surface area contributed by atoms with Crippen molar-refractivity contribution < 1.29 is 13.9 Å². The van der Waals surface area contributed by atoms with E-state index >= 15 is 0 Å². The molecule has 4 unspecified atom stereocenters. The van der Waals surface area contributed by atoms with Crippen molar-refractivity contribution in [1.29, 1.82) is 0 Å². The summed E-state index contributed by atoms with van der Waals surface area (Å²) in [5.41, 5.74) is 0.277. The van der Waals surface area contributed by atoms with E-state index in [4.69, 9.17) is 0 Å². The van der Waals surface area contributed by atoms with E-state index in [1.54, 1.807) is 6.07 Å². The van der Waals surface area contributed by atoms with Gasteiger partial charge in [-0.1, -0.05) is 32.4 Å². The lowest BCUT2D eigenvalue weighted by atomic mass is 9.73. The van der Waals surface area contributed by atoms with E-state index in [0.29, 0.717) is 11.8 Å². The van der Waals surface area contributed by atoms with Crippen molar-refractivity contribution in [3.63, 3.8) is 0 Å². The first-order valence-electron chi connectivity index (χ1n) is 7.10. The van der Waals surface area contributed by atoms with Gasteiger partial charge >= 0.3 is 0 Å². The number of hydrogen-bond donors (Lipinski definition) is 1. The quantitative estimate of drug-likeness (QED) is 0.880. The Hall–Kier alpha value is -0.960. The van der Waals surface area contributed by atoms with Gasteiger partial charge in [0.15, 0.2) is 11.6 Å². The van der Waals surface area contributed by atoms with Crippen LogP contribution in [0.15, 0.2) is 18.2 Å². The highest BCUT2D eigenvalue weighted by Crippen LogP contribution is 2.35. The third-order valence-electron chi connectivity index (χ3n) is 4.64. The van der Waals surface area contributed by atoms with Gasteiger partial charge in [0.2, 0.25) is 0 Å². The molecule has 1 saturated carbocycles. The van der Waals surface area contributed by atoms with E-state index in [1.165, 1.54) is 6.07 Å². The fraction of sp³-hybridized carbons (Fsp3) is 0.625. The van der Waals surface area contributed by atoms with Gasteiger partial charge in [-0.05, 0) is 42.2 Å². The monoisotopic (exact) mass is 268 g/mol. The maximum atomic E-state index is 13.6. The van der Waals surface area contributed by atoms with Crippen molar-refractivity contribution in [3.05, 3.63) is 35.4 Å². The third-order valence-corrected chi connectivity index (χ3v) is 4.64. The minimum atomic E-state index is -0.838. The number of aliphatic hydroxyl groups is 1. The van der Waals surface area contributed by atoms with Crippen LogP contribution in [0.4, 0.5) is 8.78 Å². The van der Waals surface area contributed by atoms with Crippen LogP contribution in [0.3, 0.4) is 0 Å². The van der Waals surface area contributed by atoms with Gasteiger partial charge in [-0.2, -0.15) is 0 Å². The van der Waals surface area contributed by atoms with Crippen LogP contribution < -0.4 is 0 Å². The number of rotatable bonds is 3. The summed E-state index contributed by atoms with van der Waals surface area (Å²) in [4.78, 5) is 0. The Labute approximate surface area is 113 Å². The smallest absolute Gasteiger partial charge is 0.162 e. The van der Waals surface area contributed by atoms with Gasteiger partial charge in [-0.25, -0.2) is 8.78 Å². The number of hydrogen-bond acceptors (Lipinski definition) is 1. The summed E-state index contributed by atoms with van der Waals surface area (Å²) in [5.74, 6) is -0.178. The van der Waals surface area contributed by atoms with Gasteiger partial charge in [-0.3, -0.25) is 0 Å². The average Bonchev–Trinajstić information content (AvgIpc) is 2.38. The van der Waals surface area contributed by atoms with Crippen molar-refractivity contribution in [2.75, 3.05) is 0 Å². The Morgan fingerprint density at radius 1 is 1.21 bits per heavy atom. The minimum Gasteiger partial charge on any atom is -0.392 e. The first kappa shape index (κ1) is 14.4. The number of benzene rings is 1. The molecule has 1 aliphatic rings. The van der Waals surface area contributed by atoms with Gasteiger partial charge < -0.3 is 5.11 Å². The summed E-state index contributed by atoms with van der Waals surface area (Å²) in [6, 6.07) is 4.15. The van der Waals surface area contributed by atoms with Crippen LogP contribution >= 0.6 is 0 Å². The predicted octanol–water partition coefficient (Wildman–Crippen LogP) is 3.94. The predicted molar refractivity (Wildman–Crippen MR) is 71.7 cm³/mol. The molecule has 0 heterocycles. The van der Waals surface area contributed by atoms with E-state index in [2.05, 4.69) is 13.8 Å². The fourth-order valence-electron chi connectivity index (χ4n) is 3.04. The second-order valence-corrected chi connectivity index (χ2v) is 6.01. The first-order valence-corrected chi connectivity index (χ1v) is 7.10. The van der Waals surface area contributed by atoms with Crippen molar-refractivity contribution in [1.82, 2.24) is 0 Å². The molecule has 1 aliphatic carbocycles. The van der Waals surface area contributed by atoms with Crippen LogP contribution in [0.2, 0.25) is 0 Å². The molecule has 4 atom stereocenters. The molecule has 0 saturated heterocycles. The van der Waals surface area contributed by atoms with Crippen LogP contribution in [-0.4, -0.2) is 11.2 Å². The maximum Gasteiger partial charge on any atom is 0.162 e. The van der Waals surface area contributed by atoms with Crippen LogP contribution in [-0.2, 0) is 6.42 Å². The number of aliphatic hydroxyl groups excluding tert-OH is 1. The maximum absolute atomic E-state index is 13.6. The van der Waals surface area contributed by atoms with Crippen molar-refractivity contribution >= 4 is 0 Å². The second-order valence-electron chi connectivity index (χ2n) is 6.01. The molecule has 3 heteroatoms. The summed E-state index contributed by atoms with van der Waals surface area (Å²) in [7, 11) is 0. The lowest BCUT2D eigenvalue weighted by Crippen LogP contribution is -2.31. The van der Waals surface area contributed by atoms with E-state index in [9.17, 15) is 13.9 Å².